The normalized spacial score (nSPS) is 17.1. The molecule has 1 aromatic heterocycles. The van der Waals surface area contributed by atoms with Crippen molar-refractivity contribution in [3.05, 3.63) is 70.8 Å². The van der Waals surface area contributed by atoms with Gasteiger partial charge in [0.15, 0.2) is 0 Å². The first kappa shape index (κ1) is 27.1. The summed E-state index contributed by atoms with van der Waals surface area (Å²) < 4.78 is 5.37. The smallest absolute Gasteiger partial charge is 0.142 e. The van der Waals surface area contributed by atoms with Crippen LogP contribution in [0.25, 0.3) is 5.57 Å². The highest BCUT2D eigenvalue weighted by atomic mass is 16.5. The molecular formula is C31H45N3O. The van der Waals surface area contributed by atoms with Crippen LogP contribution < -0.4 is 4.74 Å². The highest BCUT2D eigenvalue weighted by Gasteiger charge is 2.30. The summed E-state index contributed by atoms with van der Waals surface area (Å²) in [5.74, 6) is 2.90. The summed E-state index contributed by atoms with van der Waals surface area (Å²) >= 11 is 0. The second kappa shape index (κ2) is 11.5. The Morgan fingerprint density at radius 2 is 1.94 bits per heavy atom. The largest absolute Gasteiger partial charge is 0.497 e. The van der Waals surface area contributed by atoms with Crippen molar-refractivity contribution in [1.29, 1.82) is 0 Å². The Morgan fingerprint density at radius 1 is 1.20 bits per heavy atom. The van der Waals surface area contributed by atoms with Crippen molar-refractivity contribution in [2.45, 2.75) is 73.3 Å². The first-order valence-electron chi connectivity index (χ1n) is 13.0. The van der Waals surface area contributed by atoms with Crippen LogP contribution in [-0.4, -0.2) is 36.1 Å². The topological polar surface area (TPSA) is 38.2 Å². The van der Waals surface area contributed by atoms with Crippen molar-refractivity contribution >= 4 is 5.57 Å². The number of aryl methyl sites for hydroxylation is 1. The van der Waals surface area contributed by atoms with E-state index in [9.17, 15) is 0 Å². The monoisotopic (exact) mass is 475 g/mol. The zero-order chi connectivity index (χ0) is 25.8. The number of fused-ring (bicyclic) bond motifs is 1. The van der Waals surface area contributed by atoms with Crippen molar-refractivity contribution in [3.8, 4) is 5.75 Å². The van der Waals surface area contributed by atoms with E-state index < -0.39 is 0 Å². The lowest BCUT2D eigenvalue weighted by Crippen LogP contribution is -2.27. The fourth-order valence-corrected chi connectivity index (χ4v) is 5.07. The molecule has 0 bridgehead atoms. The number of nitrogens with zero attached hydrogens (tertiary/aromatic N) is 3. The number of hydrogen-bond donors (Lipinski definition) is 0. The number of methoxy groups -OCH3 is 1. The van der Waals surface area contributed by atoms with Gasteiger partial charge in [-0.25, -0.2) is 9.97 Å². The maximum Gasteiger partial charge on any atom is 0.142 e. The summed E-state index contributed by atoms with van der Waals surface area (Å²) in [4.78, 5) is 12.2. The van der Waals surface area contributed by atoms with E-state index >= 15 is 0 Å². The second-order valence-corrected chi connectivity index (χ2v) is 11.7. The minimum absolute atomic E-state index is 0.322. The van der Waals surface area contributed by atoms with Gasteiger partial charge in [0.1, 0.15) is 11.6 Å². The molecule has 1 aromatic carbocycles. The average Bonchev–Trinajstić information content (AvgIpc) is 2.78. The molecule has 35 heavy (non-hydrogen) atoms. The highest BCUT2D eigenvalue weighted by Crippen LogP contribution is 2.36. The zero-order valence-corrected chi connectivity index (χ0v) is 23.2. The summed E-state index contributed by atoms with van der Waals surface area (Å²) in [7, 11) is 5.88. The maximum absolute atomic E-state index is 5.37. The Bertz CT molecular complexity index is 1070. The van der Waals surface area contributed by atoms with Crippen LogP contribution >= 0.6 is 0 Å². The second-order valence-electron chi connectivity index (χ2n) is 11.7. The Labute approximate surface area is 213 Å². The SMILES string of the molecule is C=C(C=C(C)CC(C)C(C)Cc1nc(CN(C)C)nc2c1CC(C)(C)CC2)c1cccc(OC)c1. The third-order valence-electron chi connectivity index (χ3n) is 7.37. The molecule has 0 radical (unpaired) electrons. The third kappa shape index (κ3) is 7.51. The molecule has 0 saturated heterocycles. The van der Waals surface area contributed by atoms with Gasteiger partial charge in [-0.15, -0.1) is 0 Å². The number of aromatic nitrogens is 2. The van der Waals surface area contributed by atoms with Crippen LogP contribution in [0.2, 0.25) is 0 Å². The van der Waals surface area contributed by atoms with Gasteiger partial charge in [0.25, 0.3) is 0 Å². The molecule has 190 valence electrons. The molecule has 0 aliphatic heterocycles. The summed E-state index contributed by atoms with van der Waals surface area (Å²) in [5, 5.41) is 0. The van der Waals surface area contributed by atoms with Crippen LogP contribution in [0.5, 0.6) is 5.75 Å². The number of hydrogen-bond acceptors (Lipinski definition) is 4. The lowest BCUT2D eigenvalue weighted by atomic mass is 9.74. The van der Waals surface area contributed by atoms with E-state index in [-0.39, 0.29) is 0 Å². The predicted octanol–water partition coefficient (Wildman–Crippen LogP) is 6.93. The molecule has 1 heterocycles. The van der Waals surface area contributed by atoms with Gasteiger partial charge < -0.3 is 9.64 Å². The van der Waals surface area contributed by atoms with Crippen LogP contribution in [0.1, 0.15) is 75.8 Å². The van der Waals surface area contributed by atoms with Crippen molar-refractivity contribution in [3.63, 3.8) is 0 Å². The van der Waals surface area contributed by atoms with Crippen molar-refractivity contribution in [2.75, 3.05) is 21.2 Å². The van der Waals surface area contributed by atoms with E-state index in [0.29, 0.717) is 17.3 Å². The van der Waals surface area contributed by atoms with Gasteiger partial charge in [-0.3, -0.25) is 0 Å². The summed E-state index contributed by atoms with van der Waals surface area (Å²) in [6.07, 6.45) is 7.63. The Morgan fingerprint density at radius 3 is 2.63 bits per heavy atom. The molecule has 2 aromatic rings. The number of rotatable bonds is 10. The fourth-order valence-electron chi connectivity index (χ4n) is 5.07. The van der Waals surface area contributed by atoms with Gasteiger partial charge >= 0.3 is 0 Å². The van der Waals surface area contributed by atoms with E-state index in [4.69, 9.17) is 14.7 Å². The van der Waals surface area contributed by atoms with E-state index in [1.807, 2.05) is 18.2 Å². The van der Waals surface area contributed by atoms with Gasteiger partial charge in [0.05, 0.1) is 13.7 Å². The van der Waals surface area contributed by atoms with E-state index in [1.54, 1.807) is 7.11 Å². The predicted molar refractivity (Wildman–Crippen MR) is 148 cm³/mol. The number of benzene rings is 1. The first-order chi connectivity index (χ1) is 16.5. The number of allylic oxidation sites excluding steroid dienone is 3. The molecule has 0 spiro atoms. The molecule has 2 atom stereocenters. The molecule has 0 fully saturated rings. The molecule has 1 aliphatic rings. The minimum Gasteiger partial charge on any atom is -0.497 e. The van der Waals surface area contributed by atoms with Crippen molar-refractivity contribution in [1.82, 2.24) is 14.9 Å². The maximum atomic E-state index is 5.37. The summed E-state index contributed by atoms with van der Waals surface area (Å²) in [6, 6.07) is 8.12. The zero-order valence-electron chi connectivity index (χ0n) is 23.2. The summed E-state index contributed by atoms with van der Waals surface area (Å²) in [6.45, 7) is 16.8. The van der Waals surface area contributed by atoms with Gasteiger partial charge in [-0.1, -0.05) is 58.1 Å². The molecule has 4 nitrogen and oxygen atoms in total. The molecular weight excluding hydrogens is 430 g/mol. The first-order valence-corrected chi connectivity index (χ1v) is 13.0. The average molecular weight is 476 g/mol. The quantitative estimate of drug-likeness (QED) is 0.349. The lowest BCUT2D eigenvalue weighted by Gasteiger charge is -2.33. The van der Waals surface area contributed by atoms with Gasteiger partial charge in [-0.05, 0) is 99.2 Å². The minimum atomic E-state index is 0.322. The molecule has 4 heteroatoms. The Hall–Kier alpha value is -2.46. The van der Waals surface area contributed by atoms with Gasteiger partial charge in [0.2, 0.25) is 0 Å². The number of ether oxygens (including phenoxy) is 1. The summed E-state index contributed by atoms with van der Waals surface area (Å²) in [5.41, 5.74) is 7.80. The molecule has 1 aliphatic carbocycles. The lowest BCUT2D eigenvalue weighted by molar-refractivity contribution is 0.304. The standard InChI is InChI=1S/C31H45N3O/c1-21(16-24(4)25-11-10-12-26(18-25)35-9)15-22(2)23(3)17-29-27-19-31(5,6)14-13-28(27)32-30(33-29)20-34(7)8/h10-12,16,18,22-23H,4,13-15,17,19-20H2,1-3,5-9H3. The highest BCUT2D eigenvalue weighted by molar-refractivity contribution is 5.73. The molecule has 0 N–H and O–H groups in total. The van der Waals surface area contributed by atoms with Crippen LogP contribution in [0.3, 0.4) is 0 Å². The van der Waals surface area contributed by atoms with Crippen LogP contribution in [0, 0.1) is 17.3 Å². The van der Waals surface area contributed by atoms with Crippen LogP contribution in [0.15, 0.2) is 42.5 Å². The van der Waals surface area contributed by atoms with Crippen LogP contribution in [0.4, 0.5) is 0 Å². The molecule has 2 unspecified atom stereocenters. The van der Waals surface area contributed by atoms with E-state index in [2.05, 4.69) is 72.3 Å². The Balaban J connectivity index is 1.74. The Kier molecular flexibility index (Phi) is 8.93. The van der Waals surface area contributed by atoms with Crippen LogP contribution in [-0.2, 0) is 25.8 Å². The molecule has 0 amide bonds. The van der Waals surface area contributed by atoms with E-state index in [0.717, 1.165) is 54.9 Å². The van der Waals surface area contributed by atoms with Gasteiger partial charge in [0, 0.05) is 11.4 Å². The van der Waals surface area contributed by atoms with E-state index in [1.165, 1.54) is 28.9 Å². The van der Waals surface area contributed by atoms with Crippen molar-refractivity contribution in [2.24, 2.45) is 17.3 Å². The van der Waals surface area contributed by atoms with Gasteiger partial charge in [-0.2, -0.15) is 0 Å². The third-order valence-corrected chi connectivity index (χ3v) is 7.37. The molecule has 0 saturated carbocycles. The fraction of sp³-hybridized carbons (Fsp3) is 0.548. The molecule has 3 rings (SSSR count). The van der Waals surface area contributed by atoms with Crippen molar-refractivity contribution < 1.29 is 4.74 Å².